The van der Waals surface area contributed by atoms with Gasteiger partial charge in [-0.25, -0.2) is 4.90 Å². The van der Waals surface area contributed by atoms with Crippen LogP contribution in [-0.4, -0.2) is 36.1 Å². The number of hydrogen-bond acceptors (Lipinski definition) is 3. The van der Waals surface area contributed by atoms with Crippen LogP contribution in [0.2, 0.25) is 0 Å². The van der Waals surface area contributed by atoms with Crippen LogP contribution in [0.4, 0.5) is 0 Å². The molecule has 3 unspecified atom stereocenters. The van der Waals surface area contributed by atoms with Gasteiger partial charge in [0, 0.05) is 0 Å². The summed E-state index contributed by atoms with van der Waals surface area (Å²) in [6, 6.07) is 0. The third-order valence-corrected chi connectivity index (χ3v) is 5.83. The quantitative estimate of drug-likeness (QED) is 0.391. The highest BCUT2D eigenvalue weighted by Gasteiger charge is 2.54. The first-order chi connectivity index (χ1) is 12.1. The van der Waals surface area contributed by atoms with Gasteiger partial charge in [0.1, 0.15) is 12.4 Å². The molecule has 2 saturated heterocycles. The van der Waals surface area contributed by atoms with E-state index < -0.39 is 6.20 Å². The Morgan fingerprint density at radius 2 is 1.42 bits per heavy atom. The maximum atomic E-state index is 9.02. The predicted octanol–water partition coefficient (Wildman–Crippen LogP) is 5.87. The van der Waals surface area contributed by atoms with Crippen molar-refractivity contribution in [2.45, 2.75) is 122 Å². The average Bonchev–Trinajstić information content (AvgIpc) is 3.12. The Morgan fingerprint density at radius 1 is 0.833 bits per heavy atom. The third-order valence-electron chi connectivity index (χ3n) is 5.83. The van der Waals surface area contributed by atoms with E-state index >= 15 is 0 Å². The predicted molar refractivity (Wildman–Crippen MR) is 101 cm³/mol. The van der Waals surface area contributed by atoms with Gasteiger partial charge in [-0.1, -0.05) is 72.1 Å². The van der Waals surface area contributed by atoms with Crippen molar-refractivity contribution in [1.29, 1.82) is 0 Å². The summed E-state index contributed by atoms with van der Waals surface area (Å²) < 4.78 is 21.3. The smallest absolute Gasteiger partial charge is 0.113 e. The van der Waals surface area contributed by atoms with Crippen LogP contribution in [0.25, 0.3) is 0 Å². The third kappa shape index (κ3) is 5.19. The number of fused-ring (bicyclic) bond motifs is 1. The molecule has 0 saturated carbocycles. The maximum Gasteiger partial charge on any atom is 0.113 e. The lowest BCUT2D eigenvalue weighted by atomic mass is 9.97. The van der Waals surface area contributed by atoms with Crippen LogP contribution >= 0.6 is 0 Å². The molecule has 2 aliphatic rings. The Bertz CT molecular complexity index is 381. The van der Waals surface area contributed by atoms with Gasteiger partial charge in [-0.2, -0.15) is 0 Å². The first-order valence-corrected chi connectivity index (χ1v) is 10.7. The molecule has 2 rings (SSSR count). The average molecular weight is 341 g/mol. The first kappa shape index (κ1) is 18.7. The molecule has 142 valence electrons. The van der Waals surface area contributed by atoms with E-state index in [4.69, 9.17) is 10.8 Å². The van der Waals surface area contributed by atoms with Gasteiger partial charge in [0.15, 0.2) is 0 Å². The molecule has 0 radical (unpaired) electrons. The highest BCUT2D eigenvalue weighted by Crippen LogP contribution is 2.41. The molecule has 2 fully saturated rings. The summed E-state index contributed by atoms with van der Waals surface area (Å²) >= 11 is 0. The standard InChI is InChI=1S/C21H41NO2/c1-4-7-9-11-13-15-19-22-20(16-14-12-10-8-5-2)24-18-21(22,6-3)17-23-19/h19-20H,4-18H2,1-3H3/i19D. The maximum absolute atomic E-state index is 9.02. The molecule has 24 heavy (non-hydrogen) atoms. The van der Waals surface area contributed by atoms with E-state index in [1.54, 1.807) is 0 Å². The van der Waals surface area contributed by atoms with Gasteiger partial charge in [0.05, 0.1) is 20.1 Å². The van der Waals surface area contributed by atoms with Crippen molar-refractivity contribution in [3.8, 4) is 0 Å². The van der Waals surface area contributed by atoms with Crippen LogP contribution in [0.5, 0.6) is 0 Å². The van der Waals surface area contributed by atoms with E-state index in [1.165, 1.54) is 57.8 Å². The largest absolute Gasteiger partial charge is 0.361 e. The van der Waals surface area contributed by atoms with Crippen LogP contribution < -0.4 is 0 Å². The van der Waals surface area contributed by atoms with E-state index in [-0.39, 0.29) is 11.8 Å². The lowest BCUT2D eigenvalue weighted by Crippen LogP contribution is -2.48. The minimum Gasteiger partial charge on any atom is -0.361 e. The van der Waals surface area contributed by atoms with Gasteiger partial charge < -0.3 is 9.47 Å². The molecular formula is C21H41NO2. The molecular weight excluding hydrogens is 298 g/mol. The van der Waals surface area contributed by atoms with Gasteiger partial charge in [0.25, 0.3) is 0 Å². The molecule has 3 atom stereocenters. The summed E-state index contributed by atoms with van der Waals surface area (Å²) in [5.41, 5.74) is -0.0563. The van der Waals surface area contributed by atoms with Gasteiger partial charge >= 0.3 is 0 Å². The van der Waals surface area contributed by atoms with Crippen molar-refractivity contribution in [2.75, 3.05) is 13.2 Å². The Labute approximate surface area is 151 Å². The number of hydrogen-bond donors (Lipinski definition) is 0. The summed E-state index contributed by atoms with van der Waals surface area (Å²) in [7, 11) is 0. The zero-order valence-corrected chi connectivity index (χ0v) is 16.4. The fourth-order valence-electron chi connectivity index (χ4n) is 4.11. The van der Waals surface area contributed by atoms with Crippen LogP contribution in [0.3, 0.4) is 0 Å². The number of nitrogens with zero attached hydrogens (tertiary/aromatic N) is 1. The fraction of sp³-hybridized carbons (Fsp3) is 1.00. The molecule has 0 aliphatic carbocycles. The normalized spacial score (nSPS) is 33.8. The zero-order chi connectivity index (χ0) is 18.2. The lowest BCUT2D eigenvalue weighted by molar-refractivity contribution is -0.0657. The van der Waals surface area contributed by atoms with Gasteiger partial charge in [-0.15, -0.1) is 0 Å². The van der Waals surface area contributed by atoms with Gasteiger partial charge in [-0.3, -0.25) is 0 Å². The number of unbranched alkanes of at least 4 members (excludes halogenated alkanes) is 8. The Kier molecular flexibility index (Phi) is 8.38. The highest BCUT2D eigenvalue weighted by molar-refractivity contribution is 5.01. The van der Waals surface area contributed by atoms with Crippen LogP contribution in [0, 0.1) is 0 Å². The van der Waals surface area contributed by atoms with E-state index in [0.29, 0.717) is 6.61 Å². The van der Waals surface area contributed by atoms with Crippen LogP contribution in [0.1, 0.15) is 106 Å². The lowest BCUT2D eigenvalue weighted by Gasteiger charge is -2.33. The molecule has 3 heteroatoms. The summed E-state index contributed by atoms with van der Waals surface area (Å²) in [6.45, 7) is 8.12. The molecule has 0 aromatic rings. The Morgan fingerprint density at radius 3 is 2.04 bits per heavy atom. The van der Waals surface area contributed by atoms with Crippen molar-refractivity contribution in [3.63, 3.8) is 0 Å². The number of ether oxygens (including phenoxy) is 2. The van der Waals surface area contributed by atoms with E-state index in [9.17, 15) is 0 Å². The molecule has 2 heterocycles. The fourth-order valence-corrected chi connectivity index (χ4v) is 4.11. The Hall–Kier alpha value is -0.120. The van der Waals surface area contributed by atoms with Crippen molar-refractivity contribution in [3.05, 3.63) is 0 Å². The second-order valence-corrected chi connectivity index (χ2v) is 7.76. The van der Waals surface area contributed by atoms with Crippen molar-refractivity contribution in [2.24, 2.45) is 0 Å². The van der Waals surface area contributed by atoms with Crippen LogP contribution in [0.15, 0.2) is 0 Å². The summed E-state index contributed by atoms with van der Waals surface area (Å²) in [5, 5.41) is 0. The minimum atomic E-state index is -0.868. The molecule has 0 N–H and O–H groups in total. The summed E-state index contributed by atoms with van der Waals surface area (Å²) in [4.78, 5) is 2.32. The topological polar surface area (TPSA) is 21.7 Å². The van der Waals surface area contributed by atoms with Gasteiger partial charge in [0.2, 0.25) is 0 Å². The minimum absolute atomic E-state index is 0.0563. The molecule has 2 aliphatic heterocycles. The Balaban J connectivity index is 1.89. The summed E-state index contributed by atoms with van der Waals surface area (Å²) in [6.07, 6.45) is 14.7. The molecule has 0 spiro atoms. The van der Waals surface area contributed by atoms with E-state index in [2.05, 4.69) is 25.7 Å². The van der Waals surface area contributed by atoms with Crippen LogP contribution in [-0.2, 0) is 9.47 Å². The van der Waals surface area contributed by atoms with Gasteiger partial charge in [-0.05, 0) is 32.1 Å². The zero-order valence-electron chi connectivity index (χ0n) is 17.4. The van der Waals surface area contributed by atoms with E-state index in [0.717, 1.165) is 32.3 Å². The monoisotopic (exact) mass is 340 g/mol. The molecule has 0 aromatic carbocycles. The van der Waals surface area contributed by atoms with E-state index in [1.807, 2.05) is 0 Å². The van der Waals surface area contributed by atoms with Crippen molar-refractivity contribution >= 4 is 0 Å². The van der Waals surface area contributed by atoms with Crippen molar-refractivity contribution in [1.82, 2.24) is 4.90 Å². The second kappa shape index (κ2) is 10.8. The number of rotatable bonds is 13. The molecule has 0 aromatic heterocycles. The molecule has 0 amide bonds. The summed E-state index contributed by atoms with van der Waals surface area (Å²) in [5.74, 6) is 0. The molecule has 0 bridgehead atoms. The second-order valence-electron chi connectivity index (χ2n) is 7.76. The SMILES string of the molecule is [2H]C1(CCCCCCC)OCC2(CC)COC(CCCCCCC)N21. The first-order valence-electron chi connectivity index (χ1n) is 11.2. The van der Waals surface area contributed by atoms with Crippen molar-refractivity contribution < 1.29 is 10.8 Å². The molecule has 3 nitrogen and oxygen atoms in total. The highest BCUT2D eigenvalue weighted by atomic mass is 16.6.